The zero-order valence-corrected chi connectivity index (χ0v) is 16.0. The standard InChI is InChI=1S/C22H26N4O/c1-17-8-6-7-9-19(17)16-25-14-12-18(13-15-25)21-23-24(2)22(27)26(21)20-10-4-3-5-11-20/h3-11,18H,12-16H2,1-2H3. The average Bonchev–Trinajstić information content (AvgIpc) is 3.00. The van der Waals surface area contributed by atoms with Gasteiger partial charge in [-0.1, -0.05) is 42.5 Å². The fourth-order valence-electron chi connectivity index (χ4n) is 3.95. The van der Waals surface area contributed by atoms with Gasteiger partial charge >= 0.3 is 5.69 Å². The highest BCUT2D eigenvalue weighted by atomic mass is 16.2. The van der Waals surface area contributed by atoms with E-state index in [0.29, 0.717) is 5.92 Å². The molecule has 0 unspecified atom stereocenters. The predicted octanol–water partition coefficient (Wildman–Crippen LogP) is 3.26. The van der Waals surface area contributed by atoms with Crippen LogP contribution >= 0.6 is 0 Å². The summed E-state index contributed by atoms with van der Waals surface area (Å²) in [6, 6.07) is 18.4. The molecule has 0 amide bonds. The summed E-state index contributed by atoms with van der Waals surface area (Å²) < 4.78 is 3.24. The van der Waals surface area contributed by atoms with Crippen LogP contribution < -0.4 is 5.69 Å². The number of aromatic nitrogens is 3. The molecule has 0 atom stereocenters. The number of hydrogen-bond acceptors (Lipinski definition) is 3. The van der Waals surface area contributed by atoms with Crippen molar-refractivity contribution in [3.05, 3.63) is 82.0 Å². The van der Waals surface area contributed by atoms with Crippen LogP contribution in [0.15, 0.2) is 59.4 Å². The molecule has 2 aromatic carbocycles. The van der Waals surface area contributed by atoms with E-state index in [2.05, 4.69) is 41.2 Å². The van der Waals surface area contributed by atoms with Gasteiger partial charge < -0.3 is 0 Å². The number of para-hydroxylation sites is 1. The Labute approximate surface area is 159 Å². The van der Waals surface area contributed by atoms with E-state index in [9.17, 15) is 4.79 Å². The molecule has 0 saturated carbocycles. The third-order valence-electron chi connectivity index (χ3n) is 5.57. The van der Waals surface area contributed by atoms with Crippen LogP contribution in [0, 0.1) is 6.92 Å². The Kier molecular flexibility index (Phi) is 4.94. The third-order valence-corrected chi connectivity index (χ3v) is 5.57. The van der Waals surface area contributed by atoms with Crippen LogP contribution in [0.25, 0.3) is 5.69 Å². The maximum Gasteiger partial charge on any atom is 0.350 e. The predicted molar refractivity (Wildman–Crippen MR) is 107 cm³/mol. The molecule has 1 saturated heterocycles. The van der Waals surface area contributed by atoms with Crippen LogP contribution in [0.3, 0.4) is 0 Å². The lowest BCUT2D eigenvalue weighted by atomic mass is 9.95. The first kappa shape index (κ1) is 17.7. The normalized spacial score (nSPS) is 15.9. The molecule has 4 rings (SSSR count). The molecule has 1 fully saturated rings. The summed E-state index contributed by atoms with van der Waals surface area (Å²) in [5.74, 6) is 1.21. The lowest BCUT2D eigenvalue weighted by Gasteiger charge is -2.31. The molecule has 27 heavy (non-hydrogen) atoms. The summed E-state index contributed by atoms with van der Waals surface area (Å²) in [7, 11) is 1.73. The van der Waals surface area contributed by atoms with Gasteiger partial charge in [-0.25, -0.2) is 14.0 Å². The molecule has 2 heterocycles. The Morgan fingerprint density at radius 3 is 2.37 bits per heavy atom. The molecule has 0 N–H and O–H groups in total. The van der Waals surface area contributed by atoms with Crippen LogP contribution in [-0.4, -0.2) is 32.3 Å². The van der Waals surface area contributed by atoms with Crippen molar-refractivity contribution in [2.45, 2.75) is 32.2 Å². The first-order chi connectivity index (χ1) is 13.1. The SMILES string of the molecule is Cc1ccccc1CN1CCC(c2nn(C)c(=O)n2-c2ccccc2)CC1. The minimum Gasteiger partial charge on any atom is -0.299 e. The van der Waals surface area contributed by atoms with Crippen LogP contribution in [0.2, 0.25) is 0 Å². The van der Waals surface area contributed by atoms with Gasteiger partial charge in [0.1, 0.15) is 5.82 Å². The molecule has 0 spiro atoms. The maximum absolute atomic E-state index is 12.6. The number of piperidine rings is 1. The highest BCUT2D eigenvalue weighted by molar-refractivity contribution is 5.33. The minimum atomic E-state index is -0.0708. The Bertz CT molecular complexity index is 965. The number of likely N-dealkylation sites (tertiary alicyclic amines) is 1. The van der Waals surface area contributed by atoms with Crippen molar-refractivity contribution in [1.29, 1.82) is 0 Å². The monoisotopic (exact) mass is 362 g/mol. The van der Waals surface area contributed by atoms with Crippen LogP contribution in [0.1, 0.15) is 35.7 Å². The summed E-state index contributed by atoms with van der Waals surface area (Å²) in [6.07, 6.45) is 2.05. The van der Waals surface area contributed by atoms with Gasteiger partial charge in [0, 0.05) is 19.5 Å². The van der Waals surface area contributed by atoms with Gasteiger partial charge in [0.05, 0.1) is 5.69 Å². The van der Waals surface area contributed by atoms with Crippen LogP contribution in [0.5, 0.6) is 0 Å². The van der Waals surface area contributed by atoms with E-state index in [4.69, 9.17) is 0 Å². The smallest absolute Gasteiger partial charge is 0.299 e. The molecular formula is C22H26N4O. The summed E-state index contributed by atoms with van der Waals surface area (Å²) in [6.45, 7) is 5.22. The summed E-state index contributed by atoms with van der Waals surface area (Å²) in [5.41, 5.74) is 3.57. The zero-order valence-electron chi connectivity index (χ0n) is 16.0. The van der Waals surface area contributed by atoms with Crippen LogP contribution in [-0.2, 0) is 13.6 Å². The Balaban J connectivity index is 1.51. The summed E-state index contributed by atoms with van der Waals surface area (Å²) in [4.78, 5) is 15.1. The number of nitrogens with zero attached hydrogens (tertiary/aromatic N) is 4. The molecule has 0 bridgehead atoms. The van der Waals surface area contributed by atoms with E-state index in [1.807, 2.05) is 30.3 Å². The number of aryl methyl sites for hydroxylation is 2. The van der Waals surface area contributed by atoms with E-state index < -0.39 is 0 Å². The molecule has 140 valence electrons. The van der Waals surface area contributed by atoms with Crippen molar-refractivity contribution in [3.63, 3.8) is 0 Å². The fraction of sp³-hybridized carbons (Fsp3) is 0.364. The summed E-state index contributed by atoms with van der Waals surface area (Å²) in [5, 5.41) is 4.58. The van der Waals surface area contributed by atoms with Gasteiger partial charge in [-0.15, -0.1) is 0 Å². The number of hydrogen-bond donors (Lipinski definition) is 0. The third kappa shape index (κ3) is 3.60. The zero-order chi connectivity index (χ0) is 18.8. The van der Waals surface area contributed by atoms with E-state index in [1.54, 1.807) is 11.6 Å². The molecule has 1 aliphatic rings. The highest BCUT2D eigenvalue weighted by Gasteiger charge is 2.27. The van der Waals surface area contributed by atoms with Gasteiger partial charge in [-0.3, -0.25) is 4.90 Å². The second-order valence-corrected chi connectivity index (χ2v) is 7.41. The van der Waals surface area contributed by atoms with E-state index in [0.717, 1.165) is 44.0 Å². The number of rotatable bonds is 4. The van der Waals surface area contributed by atoms with Gasteiger partial charge in [0.15, 0.2) is 0 Å². The highest BCUT2D eigenvalue weighted by Crippen LogP contribution is 2.28. The van der Waals surface area contributed by atoms with Crippen molar-refractivity contribution in [1.82, 2.24) is 19.2 Å². The van der Waals surface area contributed by atoms with Crippen molar-refractivity contribution in [3.8, 4) is 5.69 Å². The molecule has 3 aromatic rings. The van der Waals surface area contributed by atoms with Crippen molar-refractivity contribution in [2.24, 2.45) is 7.05 Å². The second-order valence-electron chi connectivity index (χ2n) is 7.41. The van der Waals surface area contributed by atoms with Crippen molar-refractivity contribution >= 4 is 0 Å². The minimum absolute atomic E-state index is 0.0708. The number of benzene rings is 2. The van der Waals surface area contributed by atoms with E-state index in [-0.39, 0.29) is 5.69 Å². The second kappa shape index (κ2) is 7.53. The molecule has 0 radical (unpaired) electrons. The summed E-state index contributed by atoms with van der Waals surface area (Å²) >= 11 is 0. The van der Waals surface area contributed by atoms with Crippen molar-refractivity contribution in [2.75, 3.05) is 13.1 Å². The first-order valence-corrected chi connectivity index (χ1v) is 9.61. The molecule has 1 aliphatic heterocycles. The molecule has 0 aliphatic carbocycles. The largest absolute Gasteiger partial charge is 0.350 e. The van der Waals surface area contributed by atoms with Crippen LogP contribution in [0.4, 0.5) is 0 Å². The Hall–Kier alpha value is -2.66. The average molecular weight is 362 g/mol. The van der Waals surface area contributed by atoms with Gasteiger partial charge in [0.25, 0.3) is 0 Å². The molecular weight excluding hydrogens is 336 g/mol. The maximum atomic E-state index is 12.6. The lowest BCUT2D eigenvalue weighted by molar-refractivity contribution is 0.200. The molecule has 5 nitrogen and oxygen atoms in total. The fourth-order valence-corrected chi connectivity index (χ4v) is 3.95. The van der Waals surface area contributed by atoms with Gasteiger partial charge in [-0.2, -0.15) is 5.10 Å². The molecule has 5 heteroatoms. The molecule has 1 aromatic heterocycles. The van der Waals surface area contributed by atoms with Gasteiger partial charge in [0.2, 0.25) is 0 Å². The van der Waals surface area contributed by atoms with E-state index >= 15 is 0 Å². The lowest BCUT2D eigenvalue weighted by Crippen LogP contribution is -2.33. The van der Waals surface area contributed by atoms with Gasteiger partial charge in [-0.05, 0) is 56.1 Å². The van der Waals surface area contributed by atoms with Crippen molar-refractivity contribution < 1.29 is 0 Å². The first-order valence-electron chi connectivity index (χ1n) is 9.61. The van der Waals surface area contributed by atoms with E-state index in [1.165, 1.54) is 15.8 Å². The quantitative estimate of drug-likeness (QED) is 0.715. The topological polar surface area (TPSA) is 43.1 Å². The Morgan fingerprint density at radius 1 is 1.00 bits per heavy atom. The Morgan fingerprint density at radius 2 is 1.67 bits per heavy atom.